The molecule has 0 aliphatic carbocycles. The number of hydrogen-bond donors (Lipinski definition) is 2. The Labute approximate surface area is 144 Å². The molecular formula is C17H11BrN4O2. The Morgan fingerprint density at radius 3 is 2.92 bits per heavy atom. The van der Waals surface area contributed by atoms with Crippen molar-refractivity contribution in [2.75, 3.05) is 0 Å². The van der Waals surface area contributed by atoms with Crippen LogP contribution in [0.5, 0.6) is 5.75 Å². The third kappa shape index (κ3) is 2.30. The van der Waals surface area contributed by atoms with Gasteiger partial charge in [0.15, 0.2) is 0 Å². The molecule has 0 saturated heterocycles. The minimum atomic E-state index is -0.304. The van der Waals surface area contributed by atoms with Gasteiger partial charge in [-0.2, -0.15) is 9.78 Å². The number of H-pyrrole nitrogens is 1. The maximum absolute atomic E-state index is 12.6. The first-order valence-electron chi connectivity index (χ1n) is 7.15. The lowest BCUT2D eigenvalue weighted by Gasteiger charge is -2.01. The third-order valence-corrected chi connectivity index (χ3v) is 4.38. The summed E-state index contributed by atoms with van der Waals surface area (Å²) in [5.41, 5.74) is 2.06. The van der Waals surface area contributed by atoms with Crippen LogP contribution in [-0.2, 0) is 0 Å². The molecule has 0 amide bonds. The van der Waals surface area contributed by atoms with Crippen molar-refractivity contribution < 1.29 is 5.11 Å². The number of hydrogen-bond acceptors (Lipinski definition) is 4. The van der Waals surface area contributed by atoms with Gasteiger partial charge in [-0.1, -0.05) is 24.3 Å². The zero-order valence-electron chi connectivity index (χ0n) is 12.3. The molecule has 2 N–H and O–H groups in total. The maximum Gasteiger partial charge on any atom is 0.298 e. The molecule has 4 aromatic rings. The molecular weight excluding hydrogens is 372 g/mol. The summed E-state index contributed by atoms with van der Waals surface area (Å²) in [6.45, 7) is 0. The van der Waals surface area contributed by atoms with Gasteiger partial charge in [-0.05, 0) is 34.1 Å². The molecule has 118 valence electrons. The Morgan fingerprint density at radius 2 is 2.04 bits per heavy atom. The molecule has 0 unspecified atom stereocenters. The van der Waals surface area contributed by atoms with E-state index in [2.05, 4.69) is 31.0 Å². The predicted octanol–water partition coefficient (Wildman–Crippen LogP) is 3.23. The van der Waals surface area contributed by atoms with Crippen LogP contribution >= 0.6 is 15.9 Å². The van der Waals surface area contributed by atoms with E-state index in [-0.39, 0.29) is 11.3 Å². The van der Waals surface area contributed by atoms with Crippen LogP contribution in [0.1, 0.15) is 5.56 Å². The second-order valence-electron chi connectivity index (χ2n) is 5.21. The number of fused-ring (bicyclic) bond motifs is 3. The van der Waals surface area contributed by atoms with Crippen LogP contribution in [0.4, 0.5) is 0 Å². The minimum Gasteiger partial charge on any atom is -0.506 e. The van der Waals surface area contributed by atoms with Gasteiger partial charge in [0.2, 0.25) is 0 Å². The Kier molecular flexibility index (Phi) is 3.42. The minimum absolute atomic E-state index is 0.0638. The van der Waals surface area contributed by atoms with Gasteiger partial charge in [0.05, 0.1) is 10.7 Å². The van der Waals surface area contributed by atoms with Crippen molar-refractivity contribution in [1.29, 1.82) is 0 Å². The highest BCUT2D eigenvalue weighted by molar-refractivity contribution is 9.10. The van der Waals surface area contributed by atoms with Crippen molar-refractivity contribution in [2.45, 2.75) is 0 Å². The SMILES string of the molecule is O=c1c2[nH]c3ccccc3c2ncn1/N=C/c1cccc(Br)c1O. The number of phenolic OH excluding ortho intramolecular Hbond substituents is 1. The molecule has 24 heavy (non-hydrogen) atoms. The van der Waals surface area contributed by atoms with E-state index in [4.69, 9.17) is 0 Å². The van der Waals surface area contributed by atoms with Crippen LogP contribution in [0, 0.1) is 0 Å². The van der Waals surface area contributed by atoms with E-state index < -0.39 is 0 Å². The van der Waals surface area contributed by atoms with Crippen molar-refractivity contribution in [2.24, 2.45) is 5.10 Å². The first kappa shape index (κ1) is 14.6. The molecule has 7 heteroatoms. The van der Waals surface area contributed by atoms with E-state index in [0.717, 1.165) is 15.6 Å². The second kappa shape index (κ2) is 5.61. The highest BCUT2D eigenvalue weighted by Gasteiger charge is 2.10. The fraction of sp³-hybridized carbons (Fsp3) is 0. The van der Waals surface area contributed by atoms with Crippen LogP contribution in [-0.4, -0.2) is 26.0 Å². The summed E-state index contributed by atoms with van der Waals surface area (Å²) in [4.78, 5) is 20.0. The second-order valence-corrected chi connectivity index (χ2v) is 6.07. The van der Waals surface area contributed by atoms with E-state index >= 15 is 0 Å². The van der Waals surface area contributed by atoms with E-state index in [0.29, 0.717) is 21.1 Å². The molecule has 0 radical (unpaired) electrons. The van der Waals surface area contributed by atoms with Crippen LogP contribution < -0.4 is 5.56 Å². The van der Waals surface area contributed by atoms with E-state index in [1.807, 2.05) is 24.3 Å². The molecule has 0 aliphatic heterocycles. The molecule has 2 heterocycles. The van der Waals surface area contributed by atoms with Gasteiger partial charge in [0, 0.05) is 16.5 Å². The quantitative estimate of drug-likeness (QED) is 0.522. The van der Waals surface area contributed by atoms with Crippen LogP contribution in [0.15, 0.2) is 63.2 Å². The number of aromatic hydroxyl groups is 1. The topological polar surface area (TPSA) is 83.3 Å². The van der Waals surface area contributed by atoms with Gasteiger partial charge < -0.3 is 10.1 Å². The standard InChI is InChI=1S/C17H11BrN4O2/c18-12-6-3-4-10(16(12)23)8-20-22-9-19-14-11-5-1-2-7-13(11)21-15(14)17(22)24/h1-9,21,23H/b20-8+. The first-order valence-corrected chi connectivity index (χ1v) is 7.94. The lowest BCUT2D eigenvalue weighted by molar-refractivity contribution is 0.471. The number of halogens is 1. The number of rotatable bonds is 2. The predicted molar refractivity (Wildman–Crippen MR) is 96.7 cm³/mol. The van der Waals surface area contributed by atoms with E-state index in [1.54, 1.807) is 18.2 Å². The van der Waals surface area contributed by atoms with Crippen molar-refractivity contribution in [3.05, 3.63) is 69.2 Å². The smallest absolute Gasteiger partial charge is 0.298 e. The fourth-order valence-electron chi connectivity index (χ4n) is 2.54. The summed E-state index contributed by atoms with van der Waals surface area (Å²) < 4.78 is 1.70. The number of nitrogens with one attached hydrogen (secondary N) is 1. The summed E-state index contributed by atoms with van der Waals surface area (Å²) in [7, 11) is 0. The number of para-hydroxylation sites is 2. The molecule has 2 aromatic carbocycles. The number of phenols is 1. The Hall–Kier alpha value is -2.93. The molecule has 4 rings (SSSR count). The van der Waals surface area contributed by atoms with Gasteiger partial charge in [-0.25, -0.2) is 4.98 Å². The summed E-state index contributed by atoms with van der Waals surface area (Å²) in [5, 5.41) is 15.0. The molecule has 6 nitrogen and oxygen atoms in total. The molecule has 0 fully saturated rings. The number of aromatic nitrogens is 3. The molecule has 0 atom stereocenters. The zero-order valence-corrected chi connectivity index (χ0v) is 13.9. The van der Waals surface area contributed by atoms with Crippen molar-refractivity contribution >= 4 is 44.1 Å². The highest BCUT2D eigenvalue weighted by atomic mass is 79.9. The number of aromatic amines is 1. The summed E-state index contributed by atoms with van der Waals surface area (Å²) in [6.07, 6.45) is 2.79. The van der Waals surface area contributed by atoms with Crippen LogP contribution in [0.25, 0.3) is 21.9 Å². The van der Waals surface area contributed by atoms with Gasteiger partial charge in [0.1, 0.15) is 23.1 Å². The Bertz CT molecular complexity index is 1160. The fourth-order valence-corrected chi connectivity index (χ4v) is 2.92. The van der Waals surface area contributed by atoms with Crippen LogP contribution in [0.3, 0.4) is 0 Å². The summed E-state index contributed by atoms with van der Waals surface area (Å²) >= 11 is 3.24. The van der Waals surface area contributed by atoms with Crippen LogP contribution in [0.2, 0.25) is 0 Å². The average molecular weight is 383 g/mol. The van der Waals surface area contributed by atoms with Crippen molar-refractivity contribution in [3.63, 3.8) is 0 Å². The zero-order chi connectivity index (χ0) is 16.7. The molecule has 0 aliphatic rings. The normalized spacial score (nSPS) is 11.7. The van der Waals surface area contributed by atoms with E-state index in [9.17, 15) is 9.90 Å². The lowest BCUT2D eigenvalue weighted by atomic mass is 10.2. The first-order chi connectivity index (χ1) is 11.6. The molecule has 0 bridgehead atoms. The van der Waals surface area contributed by atoms with Crippen molar-refractivity contribution in [1.82, 2.24) is 14.6 Å². The summed E-state index contributed by atoms with van der Waals surface area (Å²) in [5.74, 6) is 0.0638. The molecule has 2 aromatic heterocycles. The third-order valence-electron chi connectivity index (χ3n) is 3.74. The Balaban J connectivity index is 1.84. The number of benzene rings is 2. The van der Waals surface area contributed by atoms with Gasteiger partial charge in [0.25, 0.3) is 5.56 Å². The average Bonchev–Trinajstić information content (AvgIpc) is 2.97. The van der Waals surface area contributed by atoms with Gasteiger partial charge in [-0.15, -0.1) is 0 Å². The van der Waals surface area contributed by atoms with Gasteiger partial charge in [-0.3, -0.25) is 4.79 Å². The largest absolute Gasteiger partial charge is 0.506 e. The molecule has 0 saturated carbocycles. The summed E-state index contributed by atoms with van der Waals surface area (Å²) in [6, 6.07) is 12.8. The number of nitrogens with zero attached hydrogens (tertiary/aromatic N) is 3. The molecule has 0 spiro atoms. The van der Waals surface area contributed by atoms with E-state index in [1.165, 1.54) is 12.5 Å². The van der Waals surface area contributed by atoms with Gasteiger partial charge >= 0.3 is 0 Å². The highest BCUT2D eigenvalue weighted by Crippen LogP contribution is 2.26. The Morgan fingerprint density at radius 1 is 1.21 bits per heavy atom. The maximum atomic E-state index is 12.6. The van der Waals surface area contributed by atoms with Crippen molar-refractivity contribution in [3.8, 4) is 5.75 Å². The lowest BCUT2D eigenvalue weighted by Crippen LogP contribution is -2.17. The monoisotopic (exact) mass is 382 g/mol.